The Morgan fingerprint density at radius 1 is 0.903 bits per heavy atom. The second kappa shape index (κ2) is 10.4. The molecule has 158 valence electrons. The molecule has 0 atom stereocenters. The summed E-state index contributed by atoms with van der Waals surface area (Å²) >= 11 is 5.32. The number of carbonyl (C=O) groups is 2. The summed E-state index contributed by atoms with van der Waals surface area (Å²) < 4.78 is 5.22. The van der Waals surface area contributed by atoms with E-state index in [1.807, 2.05) is 37.3 Å². The van der Waals surface area contributed by atoms with Gasteiger partial charge in [-0.25, -0.2) is 0 Å². The predicted molar refractivity (Wildman–Crippen MR) is 127 cm³/mol. The van der Waals surface area contributed by atoms with Crippen LogP contribution in [0.15, 0.2) is 78.9 Å². The van der Waals surface area contributed by atoms with Crippen LogP contribution < -0.4 is 20.3 Å². The van der Waals surface area contributed by atoms with Crippen molar-refractivity contribution in [2.75, 3.05) is 23.9 Å². The van der Waals surface area contributed by atoms with Gasteiger partial charge in [-0.3, -0.25) is 14.9 Å². The number of methoxy groups -OCH3 is 1. The molecule has 0 saturated heterocycles. The number of nitrogens with zero attached hydrogens (tertiary/aromatic N) is 1. The van der Waals surface area contributed by atoms with Gasteiger partial charge < -0.3 is 15.0 Å². The monoisotopic (exact) mass is 433 g/mol. The minimum absolute atomic E-state index is 0.0823. The zero-order chi connectivity index (χ0) is 22.2. The maximum Gasteiger partial charge on any atom is 0.261 e. The lowest BCUT2D eigenvalue weighted by Crippen LogP contribution is -2.36. The van der Waals surface area contributed by atoms with Crippen LogP contribution in [0, 0.1) is 0 Å². The third-order valence-corrected chi connectivity index (χ3v) is 4.82. The summed E-state index contributed by atoms with van der Waals surface area (Å²) in [5, 5.41) is 5.69. The Morgan fingerprint density at radius 2 is 1.52 bits per heavy atom. The predicted octanol–water partition coefficient (Wildman–Crippen LogP) is 4.49. The van der Waals surface area contributed by atoms with E-state index < -0.39 is 5.91 Å². The third kappa shape index (κ3) is 5.26. The van der Waals surface area contributed by atoms with Gasteiger partial charge in [-0.15, -0.1) is 0 Å². The van der Waals surface area contributed by atoms with Crippen LogP contribution in [-0.4, -0.2) is 30.6 Å². The summed E-state index contributed by atoms with van der Waals surface area (Å²) in [4.78, 5) is 27.5. The Morgan fingerprint density at radius 3 is 2.19 bits per heavy atom. The van der Waals surface area contributed by atoms with Crippen LogP contribution in [0.3, 0.4) is 0 Å². The largest absolute Gasteiger partial charge is 0.496 e. The number of ether oxygens (including phenoxy) is 1. The van der Waals surface area contributed by atoms with Crippen molar-refractivity contribution in [1.29, 1.82) is 0 Å². The first kappa shape index (κ1) is 22.0. The third-order valence-electron chi connectivity index (χ3n) is 4.61. The van der Waals surface area contributed by atoms with E-state index in [0.29, 0.717) is 29.1 Å². The van der Waals surface area contributed by atoms with Crippen LogP contribution in [0.5, 0.6) is 5.75 Å². The Bertz CT molecular complexity index is 1090. The molecule has 3 aromatic rings. The van der Waals surface area contributed by atoms with E-state index in [1.165, 1.54) is 7.11 Å². The first-order valence-corrected chi connectivity index (χ1v) is 10.2. The molecule has 2 amide bonds. The number of benzene rings is 3. The molecule has 0 aromatic heterocycles. The number of carbonyl (C=O) groups excluding carboxylic acids is 2. The molecule has 0 fully saturated rings. The molecule has 0 aliphatic rings. The molecule has 6 nitrogen and oxygen atoms in total. The van der Waals surface area contributed by atoms with Gasteiger partial charge in [0, 0.05) is 12.2 Å². The quantitative estimate of drug-likeness (QED) is 0.561. The van der Waals surface area contributed by atoms with Gasteiger partial charge in [0.15, 0.2) is 5.11 Å². The lowest BCUT2D eigenvalue weighted by atomic mass is 10.1. The Hall–Kier alpha value is -3.71. The molecule has 0 saturated carbocycles. The summed E-state index contributed by atoms with van der Waals surface area (Å²) in [6, 6.07) is 23.4. The lowest BCUT2D eigenvalue weighted by molar-refractivity contribution is 0.0971. The maximum absolute atomic E-state index is 13.2. The molecule has 0 aliphatic heterocycles. The van der Waals surface area contributed by atoms with E-state index in [9.17, 15) is 9.59 Å². The Labute approximate surface area is 186 Å². The molecular formula is C24H23N3O3S. The summed E-state index contributed by atoms with van der Waals surface area (Å²) in [6.07, 6.45) is 0. The van der Waals surface area contributed by atoms with Crippen molar-refractivity contribution in [3.63, 3.8) is 0 Å². The van der Waals surface area contributed by atoms with Crippen molar-refractivity contribution >= 4 is 40.5 Å². The normalized spacial score (nSPS) is 10.1. The molecule has 0 spiro atoms. The first-order valence-electron chi connectivity index (χ1n) is 9.76. The summed E-state index contributed by atoms with van der Waals surface area (Å²) in [5.74, 6) is -0.131. The molecule has 0 radical (unpaired) electrons. The number of amides is 2. The van der Waals surface area contributed by atoms with Crippen LogP contribution in [0.2, 0.25) is 0 Å². The average molecular weight is 434 g/mol. The smallest absolute Gasteiger partial charge is 0.261 e. The molecule has 0 aliphatic carbocycles. The topological polar surface area (TPSA) is 70.7 Å². The highest BCUT2D eigenvalue weighted by molar-refractivity contribution is 7.80. The zero-order valence-corrected chi connectivity index (χ0v) is 18.1. The minimum Gasteiger partial charge on any atom is -0.496 e. The van der Waals surface area contributed by atoms with Crippen molar-refractivity contribution < 1.29 is 14.3 Å². The molecule has 3 rings (SSSR count). The lowest BCUT2D eigenvalue weighted by Gasteiger charge is -2.23. The van der Waals surface area contributed by atoms with E-state index in [4.69, 9.17) is 17.0 Å². The van der Waals surface area contributed by atoms with Crippen LogP contribution in [-0.2, 0) is 0 Å². The molecule has 2 N–H and O–H groups in total. The molecule has 7 heteroatoms. The van der Waals surface area contributed by atoms with Crippen molar-refractivity contribution in [1.82, 2.24) is 5.32 Å². The standard InChI is InChI=1S/C24H23N3O3S/c1-3-27(17-11-5-4-6-12-17)23(29)18-13-7-9-15-20(18)25-24(31)26-22(28)19-14-8-10-16-21(19)30-2/h4-16H,3H2,1-2H3,(H2,25,26,28,31). The van der Waals surface area contributed by atoms with Crippen molar-refractivity contribution in [3.8, 4) is 5.75 Å². The van der Waals surface area contributed by atoms with E-state index in [0.717, 1.165) is 5.69 Å². The van der Waals surface area contributed by atoms with Gasteiger partial charge in [-0.2, -0.15) is 0 Å². The molecule has 0 bridgehead atoms. The Balaban J connectivity index is 1.78. The van der Waals surface area contributed by atoms with Gasteiger partial charge in [0.1, 0.15) is 5.75 Å². The fourth-order valence-corrected chi connectivity index (χ4v) is 3.33. The number of para-hydroxylation sites is 3. The average Bonchev–Trinajstić information content (AvgIpc) is 2.80. The van der Waals surface area contributed by atoms with Crippen molar-refractivity contribution in [2.24, 2.45) is 0 Å². The van der Waals surface area contributed by atoms with Crippen LogP contribution in [0.1, 0.15) is 27.6 Å². The van der Waals surface area contributed by atoms with E-state index in [-0.39, 0.29) is 11.0 Å². The summed E-state index contributed by atoms with van der Waals surface area (Å²) in [5.41, 5.74) is 2.12. The zero-order valence-electron chi connectivity index (χ0n) is 17.3. The summed E-state index contributed by atoms with van der Waals surface area (Å²) in [7, 11) is 1.50. The number of anilines is 2. The fraction of sp³-hybridized carbons (Fsp3) is 0.125. The highest BCUT2D eigenvalue weighted by atomic mass is 32.1. The number of nitrogens with one attached hydrogen (secondary N) is 2. The van der Waals surface area contributed by atoms with Gasteiger partial charge in [0.2, 0.25) is 0 Å². The van der Waals surface area contributed by atoms with Crippen LogP contribution >= 0.6 is 12.2 Å². The van der Waals surface area contributed by atoms with Gasteiger partial charge in [-0.05, 0) is 55.5 Å². The van der Waals surface area contributed by atoms with Gasteiger partial charge >= 0.3 is 0 Å². The number of hydrogen-bond donors (Lipinski definition) is 2. The second-order valence-electron chi connectivity index (χ2n) is 6.54. The number of hydrogen-bond acceptors (Lipinski definition) is 4. The number of thiocarbonyl (C=S) groups is 1. The molecule has 3 aromatic carbocycles. The molecule has 0 unspecified atom stereocenters. The van der Waals surface area contributed by atoms with E-state index >= 15 is 0 Å². The van der Waals surface area contributed by atoms with Crippen LogP contribution in [0.25, 0.3) is 0 Å². The first-order chi connectivity index (χ1) is 15.0. The fourth-order valence-electron chi connectivity index (χ4n) is 3.13. The maximum atomic E-state index is 13.2. The van der Waals surface area contributed by atoms with Crippen molar-refractivity contribution in [3.05, 3.63) is 90.0 Å². The summed E-state index contributed by atoms with van der Waals surface area (Å²) in [6.45, 7) is 2.42. The Kier molecular flexibility index (Phi) is 7.35. The SMILES string of the molecule is CCN(C(=O)c1ccccc1NC(=S)NC(=O)c1ccccc1OC)c1ccccc1. The van der Waals surface area contributed by atoms with Gasteiger partial charge in [0.25, 0.3) is 11.8 Å². The van der Waals surface area contributed by atoms with Gasteiger partial charge in [-0.1, -0.05) is 42.5 Å². The highest BCUT2D eigenvalue weighted by Gasteiger charge is 2.20. The minimum atomic E-state index is -0.404. The van der Waals surface area contributed by atoms with Crippen molar-refractivity contribution in [2.45, 2.75) is 6.92 Å². The van der Waals surface area contributed by atoms with Crippen LogP contribution in [0.4, 0.5) is 11.4 Å². The highest BCUT2D eigenvalue weighted by Crippen LogP contribution is 2.22. The van der Waals surface area contributed by atoms with E-state index in [2.05, 4.69) is 10.6 Å². The van der Waals surface area contributed by atoms with E-state index in [1.54, 1.807) is 53.4 Å². The molecule has 0 heterocycles. The second-order valence-corrected chi connectivity index (χ2v) is 6.95. The van der Waals surface area contributed by atoms with Gasteiger partial charge in [0.05, 0.1) is 23.9 Å². The molecule has 31 heavy (non-hydrogen) atoms. The number of rotatable bonds is 6. The molecular weight excluding hydrogens is 410 g/mol.